The van der Waals surface area contributed by atoms with Crippen LogP contribution in [0.4, 0.5) is 0 Å². The summed E-state index contributed by atoms with van der Waals surface area (Å²) < 4.78 is 5.55. The molecule has 0 bridgehead atoms. The van der Waals surface area contributed by atoms with E-state index in [2.05, 4.69) is 16.2 Å². The Balaban J connectivity index is 1.47. The van der Waals surface area contributed by atoms with Crippen LogP contribution in [0.15, 0.2) is 52.9 Å². The molecule has 0 aliphatic heterocycles. The molecule has 3 rings (SSSR count). The molecule has 3 amide bonds. The standard InChI is InChI=1S/C21H21N3O4/c1-13-7-3-4-8-15(13)20(26)22-12-11-18(25)23-24-21(27)19-14(2)16-9-5-6-10-17(16)28-19/h3-10H,11-12H2,1-2H3,(H,22,26)(H,23,25)(H,24,27). The van der Waals surface area contributed by atoms with Crippen LogP contribution in [-0.4, -0.2) is 24.3 Å². The lowest BCUT2D eigenvalue weighted by Crippen LogP contribution is -2.42. The highest BCUT2D eigenvalue weighted by atomic mass is 16.3. The maximum atomic E-state index is 12.3. The SMILES string of the molecule is Cc1ccccc1C(=O)NCCC(=O)NNC(=O)c1oc2ccccc2c1C. The van der Waals surface area contributed by atoms with Gasteiger partial charge in [0.05, 0.1) is 0 Å². The van der Waals surface area contributed by atoms with Gasteiger partial charge in [-0.1, -0.05) is 36.4 Å². The van der Waals surface area contributed by atoms with Crippen molar-refractivity contribution in [3.05, 3.63) is 71.0 Å². The normalized spacial score (nSPS) is 10.5. The van der Waals surface area contributed by atoms with Gasteiger partial charge in [-0.25, -0.2) is 0 Å². The summed E-state index contributed by atoms with van der Waals surface area (Å²) in [5, 5.41) is 3.53. The topological polar surface area (TPSA) is 100 Å². The number of hydrogen-bond acceptors (Lipinski definition) is 4. The van der Waals surface area contributed by atoms with Gasteiger partial charge < -0.3 is 9.73 Å². The first-order chi connectivity index (χ1) is 13.5. The van der Waals surface area contributed by atoms with Gasteiger partial charge in [0.25, 0.3) is 5.91 Å². The first-order valence-electron chi connectivity index (χ1n) is 8.88. The molecule has 0 spiro atoms. The molecule has 1 heterocycles. The molecule has 3 N–H and O–H groups in total. The number of amides is 3. The Labute approximate surface area is 162 Å². The van der Waals surface area contributed by atoms with Crippen molar-refractivity contribution >= 4 is 28.7 Å². The first-order valence-corrected chi connectivity index (χ1v) is 8.88. The van der Waals surface area contributed by atoms with Gasteiger partial charge in [0.15, 0.2) is 5.76 Å². The van der Waals surface area contributed by atoms with Crippen LogP contribution >= 0.6 is 0 Å². The maximum absolute atomic E-state index is 12.3. The van der Waals surface area contributed by atoms with E-state index < -0.39 is 11.8 Å². The summed E-state index contributed by atoms with van der Waals surface area (Å²) in [7, 11) is 0. The van der Waals surface area contributed by atoms with E-state index in [1.54, 1.807) is 25.1 Å². The molecule has 7 heteroatoms. The number of hydrogen-bond donors (Lipinski definition) is 3. The molecule has 0 radical (unpaired) electrons. The van der Waals surface area contributed by atoms with E-state index in [0.717, 1.165) is 10.9 Å². The minimum atomic E-state index is -0.536. The van der Waals surface area contributed by atoms with Gasteiger partial charge >= 0.3 is 5.91 Å². The number of benzene rings is 2. The number of carbonyl (C=O) groups is 3. The predicted molar refractivity (Wildman–Crippen MR) is 105 cm³/mol. The second-order valence-corrected chi connectivity index (χ2v) is 6.38. The molecular weight excluding hydrogens is 358 g/mol. The van der Waals surface area contributed by atoms with Crippen LogP contribution in [0.25, 0.3) is 11.0 Å². The first kappa shape index (κ1) is 19.2. The van der Waals surface area contributed by atoms with Crippen LogP contribution < -0.4 is 16.2 Å². The average molecular weight is 379 g/mol. The fourth-order valence-electron chi connectivity index (χ4n) is 2.85. The predicted octanol–water partition coefficient (Wildman–Crippen LogP) is 2.63. The number of carbonyl (C=O) groups excluding carboxylic acids is 3. The zero-order valence-electron chi connectivity index (χ0n) is 15.7. The molecule has 0 aliphatic rings. The summed E-state index contributed by atoms with van der Waals surface area (Å²) >= 11 is 0. The van der Waals surface area contributed by atoms with E-state index in [1.807, 2.05) is 37.3 Å². The third-order valence-corrected chi connectivity index (χ3v) is 4.39. The van der Waals surface area contributed by atoms with Gasteiger partial charge in [0, 0.05) is 29.5 Å². The third-order valence-electron chi connectivity index (χ3n) is 4.39. The Morgan fingerprint density at radius 2 is 1.61 bits per heavy atom. The van der Waals surface area contributed by atoms with Crippen molar-refractivity contribution in [1.29, 1.82) is 0 Å². The largest absolute Gasteiger partial charge is 0.451 e. The highest BCUT2D eigenvalue weighted by Crippen LogP contribution is 2.24. The minimum absolute atomic E-state index is 0.0248. The van der Waals surface area contributed by atoms with Crippen molar-refractivity contribution in [2.45, 2.75) is 20.3 Å². The number of fused-ring (bicyclic) bond motifs is 1. The number of aryl methyl sites for hydroxylation is 2. The zero-order valence-corrected chi connectivity index (χ0v) is 15.7. The van der Waals surface area contributed by atoms with Crippen molar-refractivity contribution in [3.63, 3.8) is 0 Å². The molecule has 7 nitrogen and oxygen atoms in total. The second kappa shape index (κ2) is 8.39. The van der Waals surface area contributed by atoms with E-state index >= 15 is 0 Å². The lowest BCUT2D eigenvalue weighted by Gasteiger charge is -2.08. The monoisotopic (exact) mass is 379 g/mol. The molecule has 144 valence electrons. The quantitative estimate of drug-likeness (QED) is 0.593. The maximum Gasteiger partial charge on any atom is 0.305 e. The fraction of sp³-hybridized carbons (Fsp3) is 0.190. The van der Waals surface area contributed by atoms with Crippen molar-refractivity contribution in [2.75, 3.05) is 6.54 Å². The van der Waals surface area contributed by atoms with Gasteiger partial charge in [-0.15, -0.1) is 0 Å². The zero-order chi connectivity index (χ0) is 20.1. The summed E-state index contributed by atoms with van der Waals surface area (Å²) in [6, 6.07) is 14.5. The van der Waals surface area contributed by atoms with Crippen molar-refractivity contribution in [1.82, 2.24) is 16.2 Å². The average Bonchev–Trinajstić information content (AvgIpc) is 3.03. The summed E-state index contributed by atoms with van der Waals surface area (Å²) in [6.07, 6.45) is 0.0248. The molecule has 0 aliphatic carbocycles. The van der Waals surface area contributed by atoms with Crippen LogP contribution in [0.3, 0.4) is 0 Å². The molecule has 0 atom stereocenters. The van der Waals surface area contributed by atoms with E-state index in [1.165, 1.54) is 0 Å². The molecule has 0 saturated heterocycles. The Morgan fingerprint density at radius 1 is 0.893 bits per heavy atom. The van der Waals surface area contributed by atoms with Gasteiger partial charge in [-0.3, -0.25) is 25.2 Å². The van der Waals surface area contributed by atoms with Crippen LogP contribution in [-0.2, 0) is 4.79 Å². The Hall–Kier alpha value is -3.61. The lowest BCUT2D eigenvalue weighted by atomic mass is 10.1. The number of para-hydroxylation sites is 1. The number of nitrogens with one attached hydrogen (secondary N) is 3. The molecule has 2 aromatic carbocycles. The van der Waals surface area contributed by atoms with Gasteiger partial charge in [-0.05, 0) is 31.5 Å². The summed E-state index contributed by atoms with van der Waals surface area (Å²) in [4.78, 5) is 36.3. The Kier molecular flexibility index (Phi) is 5.74. The van der Waals surface area contributed by atoms with E-state index in [-0.39, 0.29) is 24.6 Å². The summed E-state index contributed by atoms with van der Waals surface area (Å²) in [5.41, 5.74) is 7.40. The van der Waals surface area contributed by atoms with Gasteiger partial charge in [0.2, 0.25) is 5.91 Å². The number of hydrazine groups is 1. The molecule has 1 aromatic heterocycles. The second-order valence-electron chi connectivity index (χ2n) is 6.38. The van der Waals surface area contributed by atoms with Crippen LogP contribution in [0.1, 0.15) is 38.5 Å². The minimum Gasteiger partial charge on any atom is -0.451 e. The van der Waals surface area contributed by atoms with Gasteiger partial charge in [-0.2, -0.15) is 0 Å². The smallest absolute Gasteiger partial charge is 0.305 e. The van der Waals surface area contributed by atoms with Crippen molar-refractivity contribution in [2.24, 2.45) is 0 Å². The number of furan rings is 1. The number of rotatable bonds is 5. The van der Waals surface area contributed by atoms with Crippen LogP contribution in [0, 0.1) is 13.8 Å². The molecule has 3 aromatic rings. The summed E-state index contributed by atoms with van der Waals surface area (Å²) in [6.45, 7) is 3.78. The molecular formula is C21H21N3O4. The molecule has 0 saturated carbocycles. The third kappa shape index (κ3) is 4.20. The molecule has 0 fully saturated rings. The van der Waals surface area contributed by atoms with E-state index in [0.29, 0.717) is 16.7 Å². The van der Waals surface area contributed by atoms with Crippen LogP contribution in [0.5, 0.6) is 0 Å². The lowest BCUT2D eigenvalue weighted by molar-refractivity contribution is -0.121. The van der Waals surface area contributed by atoms with E-state index in [9.17, 15) is 14.4 Å². The summed E-state index contributed by atoms with van der Waals surface area (Å²) in [5.74, 6) is -1.06. The Bertz CT molecular complexity index is 1040. The van der Waals surface area contributed by atoms with Crippen LogP contribution in [0.2, 0.25) is 0 Å². The highest BCUT2D eigenvalue weighted by molar-refractivity contribution is 5.99. The Morgan fingerprint density at radius 3 is 2.36 bits per heavy atom. The molecule has 0 unspecified atom stereocenters. The van der Waals surface area contributed by atoms with Gasteiger partial charge in [0.1, 0.15) is 5.58 Å². The molecule has 28 heavy (non-hydrogen) atoms. The van der Waals surface area contributed by atoms with E-state index in [4.69, 9.17) is 4.42 Å². The van der Waals surface area contributed by atoms with Crippen molar-refractivity contribution < 1.29 is 18.8 Å². The fourth-order valence-corrected chi connectivity index (χ4v) is 2.85. The van der Waals surface area contributed by atoms with Crippen molar-refractivity contribution in [3.8, 4) is 0 Å². The highest BCUT2D eigenvalue weighted by Gasteiger charge is 2.17.